The number of nitrogens with one attached hydrogen (secondary N) is 1. The van der Waals surface area contributed by atoms with Crippen molar-refractivity contribution in [3.05, 3.63) is 48.4 Å². The van der Waals surface area contributed by atoms with E-state index in [9.17, 15) is 4.79 Å². The summed E-state index contributed by atoms with van der Waals surface area (Å²) in [7, 11) is 0. The number of anilines is 2. The molecular weight excluding hydrogens is 278 g/mol. The van der Waals surface area contributed by atoms with Crippen molar-refractivity contribution in [3.8, 4) is 0 Å². The van der Waals surface area contributed by atoms with Crippen LogP contribution in [0.5, 0.6) is 0 Å². The molecule has 0 unspecified atom stereocenters. The Morgan fingerprint density at radius 3 is 2.59 bits per heavy atom. The smallest absolute Gasteiger partial charge is 0.223 e. The van der Waals surface area contributed by atoms with E-state index in [1.54, 1.807) is 6.26 Å². The van der Waals surface area contributed by atoms with Gasteiger partial charge in [-0.05, 0) is 49.2 Å². The number of hydrogen-bond donors (Lipinski definition) is 2. The molecule has 1 aromatic carbocycles. The Balaban J connectivity index is 1.48. The quantitative estimate of drug-likeness (QED) is 0.850. The summed E-state index contributed by atoms with van der Waals surface area (Å²) in [4.78, 5) is 14.5. The highest BCUT2D eigenvalue weighted by atomic mass is 16.3. The predicted octanol–water partition coefficient (Wildman–Crippen LogP) is 2.39. The van der Waals surface area contributed by atoms with Gasteiger partial charge in [0.05, 0.1) is 12.8 Å². The lowest BCUT2D eigenvalue weighted by Crippen LogP contribution is -2.40. The van der Waals surface area contributed by atoms with Crippen LogP contribution in [0.4, 0.5) is 11.4 Å². The first kappa shape index (κ1) is 14.5. The van der Waals surface area contributed by atoms with Crippen molar-refractivity contribution < 1.29 is 9.21 Å². The minimum atomic E-state index is 0.0833. The summed E-state index contributed by atoms with van der Waals surface area (Å²) in [6.45, 7) is 2.25. The van der Waals surface area contributed by atoms with E-state index in [1.807, 2.05) is 36.4 Å². The number of rotatable bonds is 4. The number of nitrogen functional groups attached to an aromatic ring is 1. The number of amides is 1. The predicted molar refractivity (Wildman–Crippen MR) is 86.3 cm³/mol. The van der Waals surface area contributed by atoms with E-state index >= 15 is 0 Å². The summed E-state index contributed by atoms with van der Waals surface area (Å²) in [6.07, 6.45) is 3.36. The Morgan fingerprint density at radius 2 is 1.95 bits per heavy atom. The molecule has 116 valence electrons. The Bertz CT molecular complexity index is 599. The van der Waals surface area contributed by atoms with Crippen molar-refractivity contribution in [2.45, 2.75) is 19.4 Å². The summed E-state index contributed by atoms with van der Waals surface area (Å²) >= 11 is 0. The van der Waals surface area contributed by atoms with Crippen molar-refractivity contribution in [1.29, 1.82) is 0 Å². The van der Waals surface area contributed by atoms with Crippen LogP contribution in [0.25, 0.3) is 0 Å². The molecule has 1 amide bonds. The van der Waals surface area contributed by atoms with Gasteiger partial charge < -0.3 is 20.4 Å². The third kappa shape index (κ3) is 3.42. The second-order valence-electron chi connectivity index (χ2n) is 5.65. The van der Waals surface area contributed by atoms with Gasteiger partial charge >= 0.3 is 0 Å². The van der Waals surface area contributed by atoms with Gasteiger partial charge in [0.1, 0.15) is 5.76 Å². The second-order valence-corrected chi connectivity index (χ2v) is 5.65. The summed E-state index contributed by atoms with van der Waals surface area (Å²) in [5.74, 6) is 0.987. The number of nitrogens with zero attached hydrogens (tertiary/aromatic N) is 1. The molecule has 1 saturated heterocycles. The minimum absolute atomic E-state index is 0.0833. The number of furan rings is 1. The fourth-order valence-electron chi connectivity index (χ4n) is 2.82. The lowest BCUT2D eigenvalue weighted by atomic mass is 9.95. The standard InChI is InChI=1S/C17H21N3O2/c18-14-3-5-15(6-4-14)20-9-7-13(8-10-20)17(21)19-12-16-2-1-11-22-16/h1-6,11,13H,7-10,12,18H2,(H,19,21). The minimum Gasteiger partial charge on any atom is -0.467 e. The van der Waals surface area contributed by atoms with E-state index in [0.29, 0.717) is 6.54 Å². The van der Waals surface area contributed by atoms with Crippen LogP contribution in [0.2, 0.25) is 0 Å². The second kappa shape index (κ2) is 6.56. The van der Waals surface area contributed by atoms with Gasteiger partial charge in [0.15, 0.2) is 0 Å². The monoisotopic (exact) mass is 299 g/mol. The molecule has 0 saturated carbocycles. The largest absolute Gasteiger partial charge is 0.467 e. The van der Waals surface area contributed by atoms with Crippen molar-refractivity contribution in [2.24, 2.45) is 5.92 Å². The van der Waals surface area contributed by atoms with Crippen LogP contribution in [0.3, 0.4) is 0 Å². The molecule has 0 aliphatic carbocycles. The first-order valence-corrected chi connectivity index (χ1v) is 7.63. The van der Waals surface area contributed by atoms with Crippen molar-refractivity contribution in [3.63, 3.8) is 0 Å². The zero-order valence-electron chi connectivity index (χ0n) is 12.5. The number of benzene rings is 1. The SMILES string of the molecule is Nc1ccc(N2CCC(C(=O)NCc3ccco3)CC2)cc1. The third-order valence-electron chi connectivity index (χ3n) is 4.14. The van der Waals surface area contributed by atoms with Gasteiger partial charge in [-0.1, -0.05) is 0 Å². The lowest BCUT2D eigenvalue weighted by Gasteiger charge is -2.33. The van der Waals surface area contributed by atoms with Crippen LogP contribution >= 0.6 is 0 Å². The molecule has 0 radical (unpaired) electrons. The van der Waals surface area contributed by atoms with Gasteiger partial charge in [0, 0.05) is 30.4 Å². The van der Waals surface area contributed by atoms with Crippen LogP contribution in [0.15, 0.2) is 47.1 Å². The van der Waals surface area contributed by atoms with E-state index in [4.69, 9.17) is 10.2 Å². The molecule has 3 rings (SSSR count). The number of nitrogens with two attached hydrogens (primary N) is 1. The highest BCUT2D eigenvalue weighted by Gasteiger charge is 2.25. The van der Waals surface area contributed by atoms with Gasteiger partial charge in [0.25, 0.3) is 0 Å². The molecular formula is C17H21N3O2. The zero-order valence-corrected chi connectivity index (χ0v) is 12.5. The van der Waals surface area contributed by atoms with E-state index in [1.165, 1.54) is 5.69 Å². The van der Waals surface area contributed by atoms with E-state index < -0.39 is 0 Å². The Labute approximate surface area is 130 Å². The zero-order chi connectivity index (χ0) is 15.4. The lowest BCUT2D eigenvalue weighted by molar-refractivity contribution is -0.125. The molecule has 1 aliphatic rings. The van der Waals surface area contributed by atoms with Crippen molar-refractivity contribution in [2.75, 3.05) is 23.7 Å². The molecule has 5 nitrogen and oxygen atoms in total. The Hall–Kier alpha value is -2.43. The summed E-state index contributed by atoms with van der Waals surface area (Å²) in [5.41, 5.74) is 7.66. The van der Waals surface area contributed by atoms with Gasteiger partial charge in [-0.15, -0.1) is 0 Å². The molecule has 22 heavy (non-hydrogen) atoms. The highest BCUT2D eigenvalue weighted by Crippen LogP contribution is 2.24. The summed E-state index contributed by atoms with van der Waals surface area (Å²) < 4.78 is 5.22. The van der Waals surface area contributed by atoms with Crippen LogP contribution < -0.4 is 16.0 Å². The maximum Gasteiger partial charge on any atom is 0.223 e. The van der Waals surface area contributed by atoms with Crippen LogP contribution in [0, 0.1) is 5.92 Å². The fourth-order valence-corrected chi connectivity index (χ4v) is 2.82. The molecule has 1 aromatic heterocycles. The first-order valence-electron chi connectivity index (χ1n) is 7.63. The fraction of sp³-hybridized carbons (Fsp3) is 0.353. The van der Waals surface area contributed by atoms with Gasteiger partial charge in [0.2, 0.25) is 5.91 Å². The molecule has 0 atom stereocenters. The summed E-state index contributed by atoms with van der Waals surface area (Å²) in [6, 6.07) is 11.6. The molecule has 2 heterocycles. The topological polar surface area (TPSA) is 71.5 Å². The van der Waals surface area contributed by atoms with Crippen molar-refractivity contribution >= 4 is 17.3 Å². The van der Waals surface area contributed by atoms with E-state index in [2.05, 4.69) is 10.2 Å². The number of piperidine rings is 1. The van der Waals surface area contributed by atoms with Crippen LogP contribution in [0.1, 0.15) is 18.6 Å². The van der Waals surface area contributed by atoms with Gasteiger partial charge in [-0.3, -0.25) is 4.79 Å². The van der Waals surface area contributed by atoms with Gasteiger partial charge in [-0.25, -0.2) is 0 Å². The maximum absolute atomic E-state index is 12.2. The number of hydrogen-bond acceptors (Lipinski definition) is 4. The average molecular weight is 299 g/mol. The molecule has 3 N–H and O–H groups in total. The van der Waals surface area contributed by atoms with Crippen LogP contribution in [-0.4, -0.2) is 19.0 Å². The maximum atomic E-state index is 12.2. The molecule has 0 spiro atoms. The Kier molecular flexibility index (Phi) is 4.32. The molecule has 1 fully saturated rings. The van der Waals surface area contributed by atoms with Gasteiger partial charge in [-0.2, -0.15) is 0 Å². The third-order valence-corrected chi connectivity index (χ3v) is 4.14. The first-order chi connectivity index (χ1) is 10.7. The molecule has 5 heteroatoms. The van der Waals surface area contributed by atoms with Crippen LogP contribution in [-0.2, 0) is 11.3 Å². The highest BCUT2D eigenvalue weighted by molar-refractivity contribution is 5.79. The molecule has 0 bridgehead atoms. The van der Waals surface area contributed by atoms with E-state index in [0.717, 1.165) is 37.4 Å². The Morgan fingerprint density at radius 1 is 1.23 bits per heavy atom. The van der Waals surface area contributed by atoms with E-state index in [-0.39, 0.29) is 11.8 Å². The number of carbonyl (C=O) groups excluding carboxylic acids is 1. The summed E-state index contributed by atoms with van der Waals surface area (Å²) in [5, 5.41) is 2.95. The van der Waals surface area contributed by atoms with Crippen molar-refractivity contribution in [1.82, 2.24) is 5.32 Å². The average Bonchev–Trinajstić information content (AvgIpc) is 3.07. The molecule has 2 aromatic rings. The molecule has 1 aliphatic heterocycles. The number of carbonyl (C=O) groups is 1. The normalized spacial score (nSPS) is 15.7.